The molecule has 0 bridgehead atoms. The van der Waals surface area contributed by atoms with Crippen molar-refractivity contribution in [3.8, 4) is 0 Å². The molecule has 4 rings (SSSR count). The number of allylic oxidation sites excluding steroid dienone is 2. The average Bonchev–Trinajstić information content (AvgIpc) is 3.66. The minimum absolute atomic E-state index is 0.0925. The number of anilines is 1. The molecule has 0 atom stereocenters. The minimum atomic E-state index is -0.0925. The van der Waals surface area contributed by atoms with Gasteiger partial charge in [0.25, 0.3) is 5.01 Å². The van der Waals surface area contributed by atoms with Crippen LogP contribution in [0.5, 0.6) is 0 Å². The Hall–Kier alpha value is -3.10. The molecule has 3 aromatic rings. The lowest BCUT2D eigenvalue weighted by Gasteiger charge is -2.20. The first-order chi connectivity index (χ1) is 24.1. The first-order valence-electron chi connectivity index (χ1n) is 18.6. The van der Waals surface area contributed by atoms with Crippen LogP contribution in [0.25, 0.3) is 16.3 Å². The second-order valence-corrected chi connectivity index (χ2v) is 15.1. The Labute approximate surface area is 303 Å². The highest BCUT2D eigenvalue weighted by molar-refractivity contribution is 8.03. The molecule has 0 saturated heterocycles. The Morgan fingerprint density at radius 2 is 1.24 bits per heavy atom. The smallest absolute Gasteiger partial charge is 0.305 e. The van der Waals surface area contributed by atoms with Crippen LogP contribution in [0.4, 0.5) is 5.69 Å². The van der Waals surface area contributed by atoms with Crippen molar-refractivity contribution in [2.75, 3.05) is 25.7 Å². The SMILES string of the molecule is COC(=O)CCCCCCCCCCN1/C(=C\C=C\c2sc3ccccc3[n+]2CCCCCCCCCCC(=O)OC)Sc2ccccc21. The third-order valence-electron chi connectivity index (χ3n) is 9.23. The number of carbonyl (C=O) groups is 2. The van der Waals surface area contributed by atoms with E-state index in [0.29, 0.717) is 12.8 Å². The van der Waals surface area contributed by atoms with Crippen molar-refractivity contribution in [1.82, 2.24) is 0 Å². The van der Waals surface area contributed by atoms with Gasteiger partial charge >= 0.3 is 11.9 Å². The van der Waals surface area contributed by atoms with E-state index in [4.69, 9.17) is 9.47 Å². The number of thioether (sulfide) groups is 1. The molecule has 0 amide bonds. The number of aryl methyl sites for hydroxylation is 1. The van der Waals surface area contributed by atoms with Gasteiger partial charge in [0.15, 0.2) is 6.54 Å². The molecule has 0 radical (unpaired) electrons. The van der Waals surface area contributed by atoms with Gasteiger partial charge in [-0.25, -0.2) is 0 Å². The van der Waals surface area contributed by atoms with E-state index in [1.54, 1.807) is 0 Å². The second-order valence-electron chi connectivity index (χ2n) is 13.0. The standard InChI is InChI=1S/C41H57N2O4S2/c1-46-40(44)30-15-11-7-3-5-9-13-21-32-42-34-24-17-19-26-36(34)48-38(42)28-23-29-39-43(35-25-18-20-27-37(35)49-39)33-22-14-10-6-4-8-12-16-31-41(45)47-2/h17-20,23-29H,3-16,21-22,30-33H2,1-2H3/q+1. The molecule has 1 aromatic heterocycles. The number of thiazole rings is 1. The quantitative estimate of drug-likeness (QED) is 0.0525. The molecule has 0 N–H and O–H groups in total. The van der Waals surface area contributed by atoms with Gasteiger partial charge in [0.1, 0.15) is 4.70 Å². The van der Waals surface area contributed by atoms with E-state index in [2.05, 4.69) is 76.2 Å². The molecule has 0 saturated carbocycles. The first kappa shape index (κ1) is 38.7. The van der Waals surface area contributed by atoms with Crippen LogP contribution in [-0.2, 0) is 25.6 Å². The number of aromatic nitrogens is 1. The molecule has 0 fully saturated rings. The van der Waals surface area contributed by atoms with Gasteiger partial charge in [0.05, 0.1) is 24.9 Å². The van der Waals surface area contributed by atoms with E-state index in [1.807, 2.05) is 23.1 Å². The Balaban J connectivity index is 1.24. The van der Waals surface area contributed by atoms with Gasteiger partial charge in [-0.1, -0.05) is 124 Å². The lowest BCUT2D eigenvalue weighted by molar-refractivity contribution is -0.669. The maximum atomic E-state index is 11.3. The van der Waals surface area contributed by atoms with Crippen LogP contribution in [0.2, 0.25) is 0 Å². The summed E-state index contributed by atoms with van der Waals surface area (Å²) >= 11 is 3.76. The summed E-state index contributed by atoms with van der Waals surface area (Å²) in [6.45, 7) is 2.08. The first-order valence-corrected chi connectivity index (χ1v) is 20.2. The number of fused-ring (bicyclic) bond motifs is 2. The third kappa shape index (κ3) is 13.3. The zero-order valence-corrected chi connectivity index (χ0v) is 31.5. The fourth-order valence-corrected chi connectivity index (χ4v) is 8.63. The largest absolute Gasteiger partial charge is 0.469 e. The number of nitrogens with zero attached hydrogens (tertiary/aromatic N) is 2. The summed E-state index contributed by atoms with van der Waals surface area (Å²) < 4.78 is 13.3. The number of unbranched alkanes of at least 4 members (excludes halogenated alkanes) is 14. The molecule has 1 aliphatic heterocycles. The lowest BCUT2D eigenvalue weighted by Crippen LogP contribution is -2.34. The van der Waals surface area contributed by atoms with E-state index in [1.165, 1.54) is 122 Å². The molecule has 6 nitrogen and oxygen atoms in total. The molecule has 266 valence electrons. The van der Waals surface area contributed by atoms with Crippen LogP contribution in [-0.4, -0.2) is 32.7 Å². The van der Waals surface area contributed by atoms with Crippen molar-refractivity contribution >= 4 is 57.0 Å². The summed E-state index contributed by atoms with van der Waals surface area (Å²) in [4.78, 5) is 26.4. The number of hydrogen-bond acceptors (Lipinski definition) is 7. The van der Waals surface area contributed by atoms with Crippen molar-refractivity contribution in [3.63, 3.8) is 0 Å². The topological polar surface area (TPSA) is 59.7 Å². The van der Waals surface area contributed by atoms with Crippen molar-refractivity contribution in [3.05, 3.63) is 70.7 Å². The number of esters is 2. The van der Waals surface area contributed by atoms with Gasteiger partial charge in [0, 0.05) is 42.8 Å². The Morgan fingerprint density at radius 1 is 0.694 bits per heavy atom. The summed E-state index contributed by atoms with van der Waals surface area (Å²) in [5.41, 5.74) is 2.66. The maximum Gasteiger partial charge on any atom is 0.305 e. The normalized spacial score (nSPS) is 13.5. The van der Waals surface area contributed by atoms with Crippen molar-refractivity contribution in [2.45, 2.75) is 127 Å². The predicted molar refractivity (Wildman–Crippen MR) is 206 cm³/mol. The zero-order chi connectivity index (χ0) is 34.5. The van der Waals surface area contributed by atoms with Gasteiger partial charge in [0.2, 0.25) is 5.52 Å². The molecule has 0 aliphatic carbocycles. The highest BCUT2D eigenvalue weighted by Crippen LogP contribution is 2.46. The monoisotopic (exact) mass is 705 g/mol. The lowest BCUT2D eigenvalue weighted by atomic mass is 10.1. The highest BCUT2D eigenvalue weighted by Gasteiger charge is 2.24. The van der Waals surface area contributed by atoms with Crippen LogP contribution in [0, 0.1) is 0 Å². The summed E-state index contributed by atoms with van der Waals surface area (Å²) in [6.07, 6.45) is 26.9. The fourth-order valence-electron chi connectivity index (χ4n) is 6.43. The van der Waals surface area contributed by atoms with E-state index < -0.39 is 0 Å². The molecular formula is C41H57N2O4S2+. The number of ether oxygens (including phenoxy) is 2. The summed E-state index contributed by atoms with van der Waals surface area (Å²) in [6, 6.07) is 17.6. The van der Waals surface area contributed by atoms with Crippen LogP contribution in [0.3, 0.4) is 0 Å². The fraction of sp³-hybridized carbons (Fsp3) is 0.537. The summed E-state index contributed by atoms with van der Waals surface area (Å²) in [7, 11) is 2.93. The molecular weight excluding hydrogens is 649 g/mol. The Morgan fingerprint density at radius 3 is 1.90 bits per heavy atom. The van der Waals surface area contributed by atoms with E-state index >= 15 is 0 Å². The van der Waals surface area contributed by atoms with Gasteiger partial charge in [-0.15, -0.1) is 0 Å². The molecule has 49 heavy (non-hydrogen) atoms. The third-order valence-corrected chi connectivity index (χ3v) is 11.5. The maximum absolute atomic E-state index is 11.3. The number of para-hydroxylation sites is 2. The number of rotatable bonds is 24. The highest BCUT2D eigenvalue weighted by atomic mass is 32.2. The number of carbonyl (C=O) groups excluding carboxylic acids is 2. The molecule has 8 heteroatoms. The number of methoxy groups -OCH3 is 2. The Bertz CT molecular complexity index is 1500. The summed E-state index contributed by atoms with van der Waals surface area (Å²) in [5, 5.41) is 2.61. The van der Waals surface area contributed by atoms with Crippen molar-refractivity contribution in [2.24, 2.45) is 0 Å². The molecule has 0 spiro atoms. The number of hydrogen-bond donors (Lipinski definition) is 0. The van der Waals surface area contributed by atoms with E-state index in [9.17, 15) is 9.59 Å². The van der Waals surface area contributed by atoms with E-state index in [-0.39, 0.29) is 11.9 Å². The molecule has 2 heterocycles. The summed E-state index contributed by atoms with van der Waals surface area (Å²) in [5.74, 6) is -0.185. The van der Waals surface area contributed by atoms with Gasteiger partial charge in [-0.3, -0.25) is 9.59 Å². The van der Waals surface area contributed by atoms with Gasteiger partial charge in [-0.2, -0.15) is 4.57 Å². The van der Waals surface area contributed by atoms with E-state index in [0.717, 1.165) is 38.8 Å². The van der Waals surface area contributed by atoms with Crippen molar-refractivity contribution in [1.29, 1.82) is 0 Å². The van der Waals surface area contributed by atoms with Gasteiger partial charge < -0.3 is 14.4 Å². The average molecular weight is 706 g/mol. The van der Waals surface area contributed by atoms with Crippen LogP contribution in [0.15, 0.2) is 70.6 Å². The molecule has 2 aromatic carbocycles. The zero-order valence-electron chi connectivity index (χ0n) is 29.8. The Kier molecular flexibility index (Phi) is 17.8. The van der Waals surface area contributed by atoms with Crippen LogP contribution < -0.4 is 9.47 Å². The molecule has 0 unspecified atom stereocenters. The number of benzene rings is 2. The van der Waals surface area contributed by atoms with Gasteiger partial charge in [-0.05, 0) is 50.0 Å². The molecule has 1 aliphatic rings. The van der Waals surface area contributed by atoms with Crippen LogP contribution >= 0.6 is 23.1 Å². The predicted octanol–water partition coefficient (Wildman–Crippen LogP) is 11.0. The second kappa shape index (κ2) is 22.6. The minimum Gasteiger partial charge on any atom is -0.469 e. The van der Waals surface area contributed by atoms with Crippen LogP contribution in [0.1, 0.15) is 121 Å². The van der Waals surface area contributed by atoms with Crippen molar-refractivity contribution < 1.29 is 23.6 Å².